The van der Waals surface area contributed by atoms with Crippen molar-refractivity contribution in [2.24, 2.45) is 5.73 Å². The molecule has 0 bridgehead atoms. The maximum atomic E-state index is 13.2. The van der Waals surface area contributed by atoms with Crippen LogP contribution in [-0.4, -0.2) is 44.1 Å². The lowest BCUT2D eigenvalue weighted by molar-refractivity contribution is -0.141. The van der Waals surface area contributed by atoms with Crippen LogP contribution in [-0.2, 0) is 23.9 Å². The number of halogens is 4. The molecule has 0 aliphatic carbocycles. The molecule has 1 atom stereocenters. The first-order valence-electron chi connectivity index (χ1n) is 12.2. The summed E-state index contributed by atoms with van der Waals surface area (Å²) < 4.78 is 52.3. The first kappa shape index (κ1) is 28.4. The smallest absolute Gasteiger partial charge is 0.337 e. The van der Waals surface area contributed by atoms with E-state index < -0.39 is 35.6 Å². The van der Waals surface area contributed by atoms with Gasteiger partial charge in [0, 0.05) is 31.3 Å². The van der Waals surface area contributed by atoms with Crippen LogP contribution in [0.15, 0.2) is 72.9 Å². The van der Waals surface area contributed by atoms with Gasteiger partial charge in [-0.05, 0) is 37.3 Å². The molecule has 0 spiro atoms. The number of alkyl halides is 3. The summed E-state index contributed by atoms with van der Waals surface area (Å²) in [5.74, 6) is -1.71. The van der Waals surface area contributed by atoms with E-state index in [2.05, 4.69) is 20.4 Å². The minimum atomic E-state index is -4.73. The van der Waals surface area contributed by atoms with E-state index >= 15 is 0 Å². The first-order chi connectivity index (χ1) is 19.1. The molecular weight excluding hydrogens is 530 g/mol. The highest BCUT2D eigenvalue weighted by atomic mass is 19.4. The zero-order valence-electron chi connectivity index (χ0n) is 21.3. The second kappa shape index (κ2) is 12.0. The third-order valence-corrected chi connectivity index (χ3v) is 5.97. The van der Waals surface area contributed by atoms with Crippen molar-refractivity contribution in [3.63, 3.8) is 0 Å². The van der Waals surface area contributed by atoms with Crippen molar-refractivity contribution in [1.82, 2.24) is 25.1 Å². The number of hydrogen-bond donors (Lipinski definition) is 2. The van der Waals surface area contributed by atoms with Gasteiger partial charge in [0.1, 0.15) is 23.4 Å². The van der Waals surface area contributed by atoms with E-state index in [1.54, 1.807) is 29.8 Å². The van der Waals surface area contributed by atoms with Crippen LogP contribution in [0.1, 0.15) is 34.5 Å². The number of rotatable bonds is 5. The number of nitrogens with one attached hydrogen (secondary N) is 1. The molecule has 5 rings (SSSR count). The molecule has 0 fully saturated rings. The Morgan fingerprint density at radius 2 is 1.73 bits per heavy atom. The molecule has 1 aliphatic rings. The fourth-order valence-electron chi connectivity index (χ4n) is 4.15. The van der Waals surface area contributed by atoms with Gasteiger partial charge >= 0.3 is 6.18 Å². The second-order valence-corrected chi connectivity index (χ2v) is 8.57. The highest BCUT2D eigenvalue weighted by molar-refractivity contribution is 6.03. The number of para-hydroxylation sites is 1. The van der Waals surface area contributed by atoms with E-state index in [0.717, 1.165) is 11.9 Å². The average molecular weight is 556 g/mol. The summed E-state index contributed by atoms with van der Waals surface area (Å²) in [5, 5.41) is 7.03. The minimum absolute atomic E-state index is 0.0781. The summed E-state index contributed by atoms with van der Waals surface area (Å²) >= 11 is 0. The highest BCUT2D eigenvalue weighted by Crippen LogP contribution is 2.33. The van der Waals surface area contributed by atoms with Crippen molar-refractivity contribution in [1.29, 1.82) is 0 Å². The molecule has 40 heavy (non-hydrogen) atoms. The van der Waals surface area contributed by atoms with Gasteiger partial charge in [0.2, 0.25) is 5.82 Å². The summed E-state index contributed by atoms with van der Waals surface area (Å²) in [5.41, 5.74) is 6.61. The molecular formula is C27H25F4N7O2. The number of carbonyl (C=O) groups excluding carboxylic acids is 2. The van der Waals surface area contributed by atoms with Crippen LogP contribution in [0.5, 0.6) is 0 Å². The summed E-state index contributed by atoms with van der Waals surface area (Å²) in [4.78, 5) is 34.2. The predicted octanol–water partition coefficient (Wildman–Crippen LogP) is 3.67. The zero-order chi connectivity index (χ0) is 28.9. The molecule has 2 aromatic heterocycles. The number of anilines is 1. The number of amides is 2. The molecule has 4 aromatic rings. The van der Waals surface area contributed by atoms with Gasteiger partial charge in [0.25, 0.3) is 11.8 Å². The van der Waals surface area contributed by atoms with E-state index in [9.17, 15) is 27.2 Å². The molecule has 1 aliphatic heterocycles. The Hall–Kier alpha value is -4.65. The highest BCUT2D eigenvalue weighted by Gasteiger charge is 2.39. The lowest BCUT2D eigenvalue weighted by atomic mass is 9.99. The van der Waals surface area contributed by atoms with Crippen LogP contribution in [0.3, 0.4) is 0 Å². The third kappa shape index (κ3) is 6.15. The number of likely N-dealkylation sites (N-methyl/N-ethyl adjacent to an activating group) is 1. The molecule has 9 nitrogen and oxygen atoms in total. The van der Waals surface area contributed by atoms with Gasteiger partial charge in [-0.15, -0.1) is 0 Å². The van der Waals surface area contributed by atoms with Crippen molar-refractivity contribution in [2.45, 2.75) is 32.1 Å². The largest absolute Gasteiger partial charge is 0.433 e. The van der Waals surface area contributed by atoms with E-state index in [1.807, 2.05) is 30.3 Å². The minimum Gasteiger partial charge on any atom is -0.337 e. The number of nitrogens with two attached hydrogens (primary N) is 1. The average Bonchev–Trinajstić information content (AvgIpc) is 3.32. The lowest BCUT2D eigenvalue weighted by Crippen LogP contribution is -2.53. The number of carbonyl (C=O) groups is 2. The Balaban J connectivity index is 0.000000461. The molecule has 1 unspecified atom stereocenters. The predicted molar refractivity (Wildman–Crippen MR) is 138 cm³/mol. The maximum absolute atomic E-state index is 13.2. The van der Waals surface area contributed by atoms with E-state index in [-0.39, 0.29) is 25.3 Å². The van der Waals surface area contributed by atoms with Crippen molar-refractivity contribution in [3.05, 3.63) is 102 Å². The van der Waals surface area contributed by atoms with Crippen LogP contribution < -0.4 is 16.0 Å². The Kier molecular flexibility index (Phi) is 8.53. The molecule has 2 amide bonds. The van der Waals surface area contributed by atoms with Crippen molar-refractivity contribution in [3.8, 4) is 5.69 Å². The van der Waals surface area contributed by atoms with Gasteiger partial charge in [-0.2, -0.15) is 18.3 Å². The van der Waals surface area contributed by atoms with Gasteiger partial charge in [-0.25, -0.2) is 19.0 Å². The number of aromatic nitrogens is 4. The molecule has 3 N–H and O–H groups in total. The summed E-state index contributed by atoms with van der Waals surface area (Å²) in [6.07, 6.45) is -3.80. The van der Waals surface area contributed by atoms with E-state index in [4.69, 9.17) is 5.73 Å². The Bertz CT molecular complexity index is 1480. The summed E-state index contributed by atoms with van der Waals surface area (Å²) in [6.45, 7) is 2.15. The second-order valence-electron chi connectivity index (χ2n) is 8.57. The van der Waals surface area contributed by atoms with Crippen molar-refractivity contribution < 1.29 is 27.2 Å². The van der Waals surface area contributed by atoms with Crippen LogP contribution >= 0.6 is 0 Å². The molecule has 208 valence electrons. The molecule has 3 heterocycles. The summed E-state index contributed by atoms with van der Waals surface area (Å²) in [6, 6.07) is 16.8. The van der Waals surface area contributed by atoms with Gasteiger partial charge in [-0.1, -0.05) is 36.4 Å². The SMILES string of the molecule is CCN1C(=O)C(NC(=O)c2nccc(C(F)(F)F)n2)Cc2c(CN)nn(-c3ccccc3)c21.Fc1ccccc1. The van der Waals surface area contributed by atoms with Crippen molar-refractivity contribution >= 4 is 17.6 Å². The first-order valence-corrected chi connectivity index (χ1v) is 12.2. The molecule has 0 saturated heterocycles. The van der Waals surface area contributed by atoms with Crippen LogP contribution in [0.25, 0.3) is 5.69 Å². The third-order valence-electron chi connectivity index (χ3n) is 5.97. The Labute approximate surface area is 226 Å². The van der Waals surface area contributed by atoms with Gasteiger partial charge in [0.15, 0.2) is 0 Å². The normalized spacial score (nSPS) is 14.7. The molecule has 0 radical (unpaired) electrons. The standard InChI is InChI=1S/C21H20F3N7O2.C6H5F/c1-2-30-19-13(15(11-25)29-31(19)12-6-4-3-5-7-12)10-14(20(30)33)27-18(32)17-26-9-8-16(28-17)21(22,23)24;7-6-4-2-1-3-5-6/h3-9,14H,2,10-11,25H2,1H3,(H,27,32);1-5H. The molecule has 2 aromatic carbocycles. The Morgan fingerprint density at radius 3 is 2.27 bits per heavy atom. The van der Waals surface area contributed by atoms with Gasteiger partial charge in [-0.3, -0.25) is 14.5 Å². The number of benzene rings is 2. The van der Waals surface area contributed by atoms with Crippen molar-refractivity contribution in [2.75, 3.05) is 11.4 Å². The number of nitrogens with zero attached hydrogens (tertiary/aromatic N) is 5. The monoisotopic (exact) mass is 555 g/mol. The van der Waals surface area contributed by atoms with E-state index in [1.165, 1.54) is 17.0 Å². The van der Waals surface area contributed by atoms with E-state index in [0.29, 0.717) is 23.1 Å². The summed E-state index contributed by atoms with van der Waals surface area (Å²) in [7, 11) is 0. The van der Waals surface area contributed by atoms with Crippen LogP contribution in [0.4, 0.5) is 23.4 Å². The lowest BCUT2D eigenvalue weighted by Gasteiger charge is -2.32. The number of hydrogen-bond acceptors (Lipinski definition) is 6. The fraction of sp³-hybridized carbons (Fsp3) is 0.222. The number of fused-ring (bicyclic) bond motifs is 1. The van der Waals surface area contributed by atoms with Crippen LogP contribution in [0, 0.1) is 5.82 Å². The quantitative estimate of drug-likeness (QED) is 0.363. The zero-order valence-corrected chi connectivity index (χ0v) is 21.3. The molecule has 13 heteroatoms. The fourth-order valence-corrected chi connectivity index (χ4v) is 4.15. The van der Waals surface area contributed by atoms with Gasteiger partial charge < -0.3 is 11.1 Å². The van der Waals surface area contributed by atoms with Gasteiger partial charge in [0.05, 0.1) is 11.4 Å². The maximum Gasteiger partial charge on any atom is 0.433 e. The Morgan fingerprint density at radius 1 is 1.07 bits per heavy atom. The molecule has 0 saturated carbocycles. The topological polar surface area (TPSA) is 119 Å². The van der Waals surface area contributed by atoms with Crippen LogP contribution in [0.2, 0.25) is 0 Å².